The molecule has 0 spiro atoms. The number of nitrogens with one attached hydrogen (secondary N) is 1. The van der Waals surface area contributed by atoms with Crippen molar-refractivity contribution in [2.45, 2.75) is 45.3 Å². The SMILES string of the molecule is CC[C@H](OC)C(=O)Nc1ccc(-c2cn3c(n2)CCCC3)cc1. The molecule has 5 heteroatoms. The molecule has 0 saturated carbocycles. The average Bonchev–Trinajstić information content (AvgIpc) is 3.00. The summed E-state index contributed by atoms with van der Waals surface area (Å²) in [7, 11) is 1.55. The maximum atomic E-state index is 12.0. The summed E-state index contributed by atoms with van der Waals surface area (Å²) in [5.74, 6) is 1.06. The van der Waals surface area contributed by atoms with Gasteiger partial charge in [0.2, 0.25) is 0 Å². The molecular weight excluding hydrogens is 290 g/mol. The fraction of sp³-hybridized carbons (Fsp3) is 0.444. The topological polar surface area (TPSA) is 56.1 Å². The molecule has 3 rings (SSSR count). The minimum atomic E-state index is -0.408. The number of nitrogens with zero attached hydrogens (tertiary/aromatic N) is 2. The molecule has 2 aromatic rings. The van der Waals surface area contributed by atoms with Crippen LogP contribution in [0.3, 0.4) is 0 Å². The third kappa shape index (κ3) is 3.45. The van der Waals surface area contributed by atoms with Crippen LogP contribution in [-0.2, 0) is 22.5 Å². The van der Waals surface area contributed by atoms with E-state index >= 15 is 0 Å². The predicted octanol–water partition coefficient (Wildman–Crippen LogP) is 3.25. The molecule has 1 aliphatic heterocycles. The quantitative estimate of drug-likeness (QED) is 0.922. The molecule has 0 unspecified atom stereocenters. The number of ether oxygens (including phenoxy) is 1. The van der Waals surface area contributed by atoms with E-state index in [9.17, 15) is 4.79 Å². The highest BCUT2D eigenvalue weighted by atomic mass is 16.5. The zero-order valence-electron chi connectivity index (χ0n) is 13.7. The van der Waals surface area contributed by atoms with Gasteiger partial charge in [0.1, 0.15) is 11.9 Å². The molecular formula is C18H23N3O2. The first-order chi connectivity index (χ1) is 11.2. The highest BCUT2D eigenvalue weighted by molar-refractivity contribution is 5.94. The molecule has 1 aliphatic rings. The minimum Gasteiger partial charge on any atom is -0.372 e. The number of hydrogen-bond donors (Lipinski definition) is 1. The molecule has 1 amide bonds. The lowest BCUT2D eigenvalue weighted by atomic mass is 10.1. The number of benzene rings is 1. The van der Waals surface area contributed by atoms with Crippen molar-refractivity contribution in [3.63, 3.8) is 0 Å². The second-order valence-corrected chi connectivity index (χ2v) is 5.89. The van der Waals surface area contributed by atoms with Crippen molar-refractivity contribution in [3.05, 3.63) is 36.3 Å². The lowest BCUT2D eigenvalue weighted by Gasteiger charge is -2.13. The van der Waals surface area contributed by atoms with Crippen LogP contribution in [0.4, 0.5) is 5.69 Å². The number of methoxy groups -OCH3 is 1. The lowest BCUT2D eigenvalue weighted by Crippen LogP contribution is -2.28. The molecule has 0 fully saturated rings. The van der Waals surface area contributed by atoms with Crippen molar-refractivity contribution in [1.82, 2.24) is 9.55 Å². The van der Waals surface area contributed by atoms with E-state index in [4.69, 9.17) is 9.72 Å². The molecule has 5 nitrogen and oxygen atoms in total. The first kappa shape index (κ1) is 15.7. The van der Waals surface area contributed by atoms with Gasteiger partial charge in [-0.1, -0.05) is 19.1 Å². The van der Waals surface area contributed by atoms with Gasteiger partial charge in [0.25, 0.3) is 5.91 Å². The maximum absolute atomic E-state index is 12.0. The molecule has 1 aromatic heterocycles. The summed E-state index contributed by atoms with van der Waals surface area (Å²) in [5, 5.41) is 2.88. The summed E-state index contributed by atoms with van der Waals surface area (Å²) in [6, 6.07) is 7.82. The van der Waals surface area contributed by atoms with Gasteiger partial charge < -0.3 is 14.6 Å². The number of aromatic nitrogens is 2. The summed E-state index contributed by atoms with van der Waals surface area (Å²) in [5.41, 5.74) is 2.85. The van der Waals surface area contributed by atoms with Gasteiger partial charge in [-0.25, -0.2) is 4.98 Å². The van der Waals surface area contributed by atoms with Gasteiger partial charge in [0.15, 0.2) is 0 Å². The number of carbonyl (C=O) groups excluding carboxylic acids is 1. The summed E-state index contributed by atoms with van der Waals surface area (Å²) in [6.45, 7) is 2.99. The Kier molecular flexibility index (Phi) is 4.76. The Morgan fingerprint density at radius 1 is 1.35 bits per heavy atom. The number of carbonyl (C=O) groups is 1. The summed E-state index contributed by atoms with van der Waals surface area (Å²) >= 11 is 0. The van der Waals surface area contributed by atoms with Crippen molar-refractivity contribution in [2.75, 3.05) is 12.4 Å². The summed E-state index contributed by atoms with van der Waals surface area (Å²) in [6.07, 6.45) is 5.88. The van der Waals surface area contributed by atoms with Crippen LogP contribution >= 0.6 is 0 Å². The Balaban J connectivity index is 1.72. The van der Waals surface area contributed by atoms with Crippen LogP contribution in [0.1, 0.15) is 32.0 Å². The smallest absolute Gasteiger partial charge is 0.253 e. The standard InChI is InChI=1S/C18H23N3O2/c1-3-16(23-2)18(22)19-14-9-7-13(8-10-14)15-12-21-11-5-4-6-17(21)20-15/h7-10,12,16H,3-6,11H2,1-2H3,(H,19,22)/t16-/m0/s1. The zero-order chi connectivity index (χ0) is 16.2. The van der Waals surface area contributed by atoms with Gasteiger partial charge >= 0.3 is 0 Å². The van der Waals surface area contributed by atoms with E-state index in [1.165, 1.54) is 18.7 Å². The molecule has 1 aromatic carbocycles. The van der Waals surface area contributed by atoms with Crippen LogP contribution in [0.25, 0.3) is 11.3 Å². The zero-order valence-corrected chi connectivity index (χ0v) is 13.7. The molecule has 0 saturated heterocycles. The van der Waals surface area contributed by atoms with Crippen LogP contribution in [0.5, 0.6) is 0 Å². The second kappa shape index (κ2) is 6.96. The Labute approximate surface area is 136 Å². The molecule has 122 valence electrons. The first-order valence-electron chi connectivity index (χ1n) is 8.21. The lowest BCUT2D eigenvalue weighted by molar-refractivity contribution is -0.125. The van der Waals surface area contributed by atoms with Crippen LogP contribution < -0.4 is 5.32 Å². The van der Waals surface area contributed by atoms with Gasteiger partial charge in [0.05, 0.1) is 5.69 Å². The Bertz CT molecular complexity index is 649. The van der Waals surface area contributed by atoms with Crippen LogP contribution in [-0.4, -0.2) is 28.7 Å². The minimum absolute atomic E-state index is 0.111. The molecule has 0 bridgehead atoms. The largest absolute Gasteiger partial charge is 0.372 e. The predicted molar refractivity (Wildman–Crippen MR) is 90.3 cm³/mol. The molecule has 0 radical (unpaired) electrons. The highest BCUT2D eigenvalue weighted by Crippen LogP contribution is 2.24. The van der Waals surface area contributed by atoms with Crippen molar-refractivity contribution in [1.29, 1.82) is 0 Å². The van der Waals surface area contributed by atoms with Crippen LogP contribution in [0.15, 0.2) is 30.5 Å². The molecule has 1 N–H and O–H groups in total. The maximum Gasteiger partial charge on any atom is 0.253 e. The summed E-state index contributed by atoms with van der Waals surface area (Å²) in [4.78, 5) is 16.7. The molecule has 23 heavy (non-hydrogen) atoms. The van der Waals surface area contributed by atoms with Gasteiger partial charge in [-0.3, -0.25) is 4.79 Å². The van der Waals surface area contributed by atoms with E-state index in [2.05, 4.69) is 16.1 Å². The van der Waals surface area contributed by atoms with Crippen molar-refractivity contribution in [2.24, 2.45) is 0 Å². The van der Waals surface area contributed by atoms with Crippen molar-refractivity contribution >= 4 is 11.6 Å². The van der Waals surface area contributed by atoms with E-state index in [-0.39, 0.29) is 5.91 Å². The fourth-order valence-corrected chi connectivity index (χ4v) is 2.96. The number of rotatable bonds is 5. The van der Waals surface area contributed by atoms with E-state index in [0.717, 1.165) is 29.9 Å². The van der Waals surface area contributed by atoms with E-state index in [1.807, 2.05) is 31.2 Å². The third-order valence-electron chi connectivity index (χ3n) is 4.30. The van der Waals surface area contributed by atoms with Gasteiger partial charge in [-0.2, -0.15) is 0 Å². The third-order valence-corrected chi connectivity index (χ3v) is 4.30. The Hall–Kier alpha value is -2.14. The highest BCUT2D eigenvalue weighted by Gasteiger charge is 2.16. The number of amides is 1. The number of aryl methyl sites for hydroxylation is 2. The van der Waals surface area contributed by atoms with Crippen molar-refractivity contribution in [3.8, 4) is 11.3 Å². The fourth-order valence-electron chi connectivity index (χ4n) is 2.96. The number of anilines is 1. The Morgan fingerprint density at radius 3 is 2.78 bits per heavy atom. The van der Waals surface area contributed by atoms with Crippen LogP contribution in [0, 0.1) is 0 Å². The average molecular weight is 313 g/mol. The van der Waals surface area contributed by atoms with Gasteiger partial charge in [-0.05, 0) is 31.4 Å². The molecule has 0 aliphatic carbocycles. The van der Waals surface area contributed by atoms with Gasteiger partial charge in [-0.15, -0.1) is 0 Å². The molecule has 1 atom stereocenters. The summed E-state index contributed by atoms with van der Waals surface area (Å²) < 4.78 is 7.40. The van der Waals surface area contributed by atoms with Crippen LogP contribution in [0.2, 0.25) is 0 Å². The van der Waals surface area contributed by atoms with Crippen molar-refractivity contribution < 1.29 is 9.53 Å². The van der Waals surface area contributed by atoms with E-state index in [0.29, 0.717) is 6.42 Å². The Morgan fingerprint density at radius 2 is 2.13 bits per heavy atom. The number of fused-ring (bicyclic) bond motifs is 1. The number of hydrogen-bond acceptors (Lipinski definition) is 3. The normalized spacial score (nSPS) is 15.0. The number of imidazole rings is 1. The van der Waals surface area contributed by atoms with Gasteiger partial charge in [0, 0.05) is 37.5 Å². The monoisotopic (exact) mass is 313 g/mol. The second-order valence-electron chi connectivity index (χ2n) is 5.89. The van der Waals surface area contributed by atoms with E-state index in [1.54, 1.807) is 7.11 Å². The first-order valence-corrected chi connectivity index (χ1v) is 8.21. The molecule has 2 heterocycles. The van der Waals surface area contributed by atoms with E-state index < -0.39 is 6.10 Å².